The first-order valence-electron chi connectivity index (χ1n) is 8.48. The topological polar surface area (TPSA) is 62.2 Å². The largest absolute Gasteiger partial charge is 0.354 e. The fourth-order valence-corrected chi connectivity index (χ4v) is 3.16. The molecule has 0 atom stereocenters. The molecular formula is C18H21N5O. The van der Waals surface area contributed by atoms with Gasteiger partial charge >= 0.3 is 0 Å². The number of aromatic nitrogens is 3. The number of pyridine rings is 1. The first-order valence-corrected chi connectivity index (χ1v) is 8.48. The summed E-state index contributed by atoms with van der Waals surface area (Å²) in [5.74, 6) is 1.83. The molecule has 124 valence electrons. The molecule has 0 N–H and O–H groups in total. The molecular weight excluding hydrogens is 302 g/mol. The molecule has 1 aliphatic carbocycles. The zero-order valence-corrected chi connectivity index (χ0v) is 13.9. The van der Waals surface area contributed by atoms with Crippen molar-refractivity contribution in [2.24, 2.45) is 5.92 Å². The van der Waals surface area contributed by atoms with Crippen LogP contribution in [0.2, 0.25) is 0 Å². The lowest BCUT2D eigenvalue weighted by atomic mass is 10.2. The summed E-state index contributed by atoms with van der Waals surface area (Å²) in [5.41, 5.74) is 2.73. The molecule has 1 amide bonds. The maximum Gasteiger partial charge on any atom is 0.255 e. The van der Waals surface area contributed by atoms with Crippen LogP contribution in [0.1, 0.15) is 34.5 Å². The van der Waals surface area contributed by atoms with Gasteiger partial charge in [-0.1, -0.05) is 6.07 Å². The van der Waals surface area contributed by atoms with Crippen LogP contribution in [0.3, 0.4) is 0 Å². The number of carbonyl (C=O) groups excluding carboxylic acids is 1. The van der Waals surface area contributed by atoms with Crippen molar-refractivity contribution >= 4 is 11.7 Å². The van der Waals surface area contributed by atoms with Crippen molar-refractivity contribution in [3.63, 3.8) is 0 Å². The highest BCUT2D eigenvalue weighted by Gasteiger charge is 2.29. The monoisotopic (exact) mass is 323 g/mol. The first kappa shape index (κ1) is 15.1. The average Bonchev–Trinajstić information content (AvgIpc) is 3.43. The van der Waals surface area contributed by atoms with E-state index in [1.165, 1.54) is 19.0 Å². The van der Waals surface area contributed by atoms with Crippen LogP contribution in [0.5, 0.6) is 0 Å². The van der Waals surface area contributed by atoms with E-state index in [1.54, 1.807) is 12.3 Å². The highest BCUT2D eigenvalue weighted by Crippen LogP contribution is 2.33. The molecule has 0 spiro atoms. The van der Waals surface area contributed by atoms with Crippen LogP contribution < -0.4 is 4.90 Å². The smallest absolute Gasteiger partial charge is 0.255 e. The van der Waals surface area contributed by atoms with Crippen LogP contribution >= 0.6 is 0 Å². The lowest BCUT2D eigenvalue weighted by Crippen LogP contribution is -2.36. The number of amides is 1. The summed E-state index contributed by atoms with van der Waals surface area (Å²) in [4.78, 5) is 21.8. The van der Waals surface area contributed by atoms with E-state index in [0.717, 1.165) is 36.1 Å². The molecule has 1 aliphatic heterocycles. The number of aryl methyl sites for hydroxylation is 1. The van der Waals surface area contributed by atoms with Gasteiger partial charge in [-0.2, -0.15) is 10.2 Å². The van der Waals surface area contributed by atoms with E-state index in [1.807, 2.05) is 17.9 Å². The predicted octanol–water partition coefficient (Wildman–Crippen LogP) is 2.05. The zero-order chi connectivity index (χ0) is 16.5. The Hall–Kier alpha value is -2.50. The quantitative estimate of drug-likeness (QED) is 0.865. The normalized spacial score (nSPS) is 17.4. The number of rotatable bonds is 3. The van der Waals surface area contributed by atoms with Gasteiger partial charge in [-0.15, -0.1) is 0 Å². The van der Waals surface area contributed by atoms with Crippen molar-refractivity contribution in [1.29, 1.82) is 0 Å². The summed E-state index contributed by atoms with van der Waals surface area (Å²) < 4.78 is 0. The Bertz CT molecular complexity index is 744. The van der Waals surface area contributed by atoms with E-state index in [4.69, 9.17) is 4.98 Å². The van der Waals surface area contributed by atoms with Crippen LogP contribution in [-0.2, 0) is 6.54 Å². The van der Waals surface area contributed by atoms with Gasteiger partial charge in [0.1, 0.15) is 5.82 Å². The fourth-order valence-electron chi connectivity index (χ4n) is 3.16. The molecule has 24 heavy (non-hydrogen) atoms. The van der Waals surface area contributed by atoms with Crippen molar-refractivity contribution in [1.82, 2.24) is 20.1 Å². The van der Waals surface area contributed by atoms with Crippen molar-refractivity contribution in [3.8, 4) is 0 Å². The molecule has 0 radical (unpaired) electrons. The summed E-state index contributed by atoms with van der Waals surface area (Å²) in [6.45, 7) is 5.17. The molecule has 0 saturated heterocycles. The van der Waals surface area contributed by atoms with Crippen molar-refractivity contribution in [3.05, 3.63) is 47.4 Å². The second-order valence-electron chi connectivity index (χ2n) is 6.68. The highest BCUT2D eigenvalue weighted by atomic mass is 16.2. The third-order valence-electron chi connectivity index (χ3n) is 4.69. The van der Waals surface area contributed by atoms with Gasteiger partial charge in [0.25, 0.3) is 5.91 Å². The standard InChI is InChI=1S/C18H21N5O/c1-13-2-5-16-12-23(18(24)15-6-7-19-20-10-15)9-8-22(17(16)21-13)11-14-3-4-14/h2,5-7,10,14H,3-4,8-9,11-12H2,1H3. The maximum absolute atomic E-state index is 12.8. The number of carbonyl (C=O) groups is 1. The Balaban J connectivity index is 1.62. The molecule has 0 bridgehead atoms. The van der Waals surface area contributed by atoms with E-state index in [0.29, 0.717) is 18.7 Å². The van der Waals surface area contributed by atoms with Crippen LogP contribution in [0.15, 0.2) is 30.6 Å². The molecule has 1 saturated carbocycles. The molecule has 6 nitrogen and oxygen atoms in total. The fraction of sp³-hybridized carbons (Fsp3) is 0.444. The number of nitrogens with zero attached hydrogens (tertiary/aromatic N) is 5. The van der Waals surface area contributed by atoms with E-state index in [-0.39, 0.29) is 5.91 Å². The van der Waals surface area contributed by atoms with Crippen molar-refractivity contribution in [2.45, 2.75) is 26.3 Å². The Morgan fingerprint density at radius 3 is 2.83 bits per heavy atom. The molecule has 2 aromatic rings. The van der Waals surface area contributed by atoms with Gasteiger partial charge in [0, 0.05) is 37.4 Å². The SMILES string of the molecule is Cc1ccc2c(n1)N(CC1CC1)CCN(C(=O)c1ccnnc1)C2. The Labute approximate surface area is 141 Å². The van der Waals surface area contributed by atoms with Gasteiger partial charge in [-0.05, 0) is 37.8 Å². The van der Waals surface area contributed by atoms with Crippen LogP contribution in [0.4, 0.5) is 5.82 Å². The lowest BCUT2D eigenvalue weighted by molar-refractivity contribution is 0.0750. The van der Waals surface area contributed by atoms with Crippen LogP contribution in [-0.4, -0.2) is 45.6 Å². The second-order valence-corrected chi connectivity index (χ2v) is 6.68. The Morgan fingerprint density at radius 2 is 2.08 bits per heavy atom. The summed E-state index contributed by atoms with van der Waals surface area (Å²) in [5, 5.41) is 7.57. The molecule has 0 unspecified atom stereocenters. The van der Waals surface area contributed by atoms with Gasteiger partial charge in [-0.3, -0.25) is 4.79 Å². The Morgan fingerprint density at radius 1 is 1.21 bits per heavy atom. The molecule has 6 heteroatoms. The lowest BCUT2D eigenvalue weighted by Gasteiger charge is -2.24. The third kappa shape index (κ3) is 3.09. The predicted molar refractivity (Wildman–Crippen MR) is 90.7 cm³/mol. The van der Waals surface area contributed by atoms with E-state index < -0.39 is 0 Å². The third-order valence-corrected chi connectivity index (χ3v) is 4.69. The minimum atomic E-state index is 0.00435. The average molecular weight is 323 g/mol. The minimum absolute atomic E-state index is 0.00435. The molecule has 3 heterocycles. The number of fused-ring (bicyclic) bond motifs is 1. The van der Waals surface area contributed by atoms with Crippen molar-refractivity contribution in [2.75, 3.05) is 24.5 Å². The van der Waals surface area contributed by atoms with Crippen LogP contribution in [0, 0.1) is 12.8 Å². The van der Waals surface area contributed by atoms with Gasteiger partial charge in [0.2, 0.25) is 0 Å². The summed E-state index contributed by atoms with van der Waals surface area (Å²) in [7, 11) is 0. The molecule has 2 aliphatic rings. The van der Waals surface area contributed by atoms with E-state index in [2.05, 4.69) is 21.2 Å². The van der Waals surface area contributed by atoms with Gasteiger partial charge in [-0.25, -0.2) is 4.98 Å². The van der Waals surface area contributed by atoms with E-state index in [9.17, 15) is 4.79 Å². The van der Waals surface area contributed by atoms with Crippen LogP contribution in [0.25, 0.3) is 0 Å². The van der Waals surface area contributed by atoms with Gasteiger partial charge in [0.15, 0.2) is 0 Å². The highest BCUT2D eigenvalue weighted by molar-refractivity contribution is 5.94. The summed E-state index contributed by atoms with van der Waals surface area (Å²) >= 11 is 0. The number of anilines is 1. The second kappa shape index (κ2) is 6.19. The zero-order valence-electron chi connectivity index (χ0n) is 13.9. The summed E-state index contributed by atoms with van der Waals surface area (Å²) in [6, 6.07) is 5.85. The van der Waals surface area contributed by atoms with Crippen molar-refractivity contribution < 1.29 is 4.79 Å². The number of hydrogen-bond acceptors (Lipinski definition) is 5. The molecule has 4 rings (SSSR count). The van der Waals surface area contributed by atoms with Gasteiger partial charge in [0.05, 0.1) is 18.0 Å². The van der Waals surface area contributed by atoms with E-state index >= 15 is 0 Å². The summed E-state index contributed by atoms with van der Waals surface area (Å²) in [6.07, 6.45) is 5.71. The molecule has 1 fully saturated rings. The molecule has 0 aromatic carbocycles. The molecule has 2 aromatic heterocycles. The minimum Gasteiger partial charge on any atom is -0.354 e. The number of hydrogen-bond donors (Lipinski definition) is 0. The van der Waals surface area contributed by atoms with Gasteiger partial charge < -0.3 is 9.80 Å². The Kier molecular flexibility index (Phi) is 3.88. The first-order chi connectivity index (χ1) is 11.7. The maximum atomic E-state index is 12.8.